The van der Waals surface area contributed by atoms with E-state index in [1.165, 1.54) is 0 Å². The number of hydrogen-bond donors (Lipinski definition) is 2. The molecule has 0 aliphatic carbocycles. The Morgan fingerprint density at radius 1 is 1.21 bits per heavy atom. The van der Waals surface area contributed by atoms with Gasteiger partial charge in [-0.05, 0) is 40.5 Å². The third-order valence-corrected chi connectivity index (χ3v) is 3.25. The highest BCUT2D eigenvalue weighted by Crippen LogP contribution is 2.32. The Morgan fingerprint density at radius 2 is 1.84 bits per heavy atom. The zero-order chi connectivity index (χ0) is 14.4. The maximum atomic E-state index is 11.5. The molecule has 2 amide bonds. The van der Waals surface area contributed by atoms with Gasteiger partial charge >= 0.3 is 0 Å². The second-order valence-corrected chi connectivity index (χ2v) is 5.54. The summed E-state index contributed by atoms with van der Waals surface area (Å²) < 4.78 is 7.09. The number of amides is 2. The summed E-state index contributed by atoms with van der Waals surface area (Å²) in [6, 6.07) is 3.72. The minimum atomic E-state index is -0.420. The fourth-order valence-corrected chi connectivity index (χ4v) is 2.83. The quantitative estimate of drug-likeness (QED) is 0.772. The highest BCUT2D eigenvalue weighted by molar-refractivity contribution is 9.11. The van der Waals surface area contributed by atoms with Crippen LogP contribution in [-0.4, -0.2) is 18.4 Å². The molecule has 7 heteroatoms. The van der Waals surface area contributed by atoms with E-state index in [9.17, 15) is 9.59 Å². The van der Waals surface area contributed by atoms with Crippen molar-refractivity contribution in [2.24, 2.45) is 0 Å². The van der Waals surface area contributed by atoms with Gasteiger partial charge in [0.25, 0.3) is 5.91 Å². The molecular weight excluding hydrogens is 380 g/mol. The fourth-order valence-electron chi connectivity index (χ4n) is 1.27. The second-order valence-electron chi connectivity index (χ2n) is 3.77. The molecule has 0 heterocycles. The van der Waals surface area contributed by atoms with Crippen LogP contribution in [0.25, 0.3) is 0 Å². The molecule has 2 N–H and O–H groups in total. The molecule has 0 radical (unpaired) electrons. The first kappa shape index (κ1) is 16.0. The van der Waals surface area contributed by atoms with Gasteiger partial charge in [0, 0.05) is 10.9 Å². The van der Waals surface area contributed by atoms with Gasteiger partial charge in [-0.15, -0.1) is 0 Å². The maximum absolute atomic E-state index is 11.5. The molecule has 0 saturated heterocycles. The summed E-state index contributed by atoms with van der Waals surface area (Å²) in [5, 5.41) is 0. The third-order valence-electron chi connectivity index (χ3n) is 2.20. The largest absolute Gasteiger partial charge is 0.482 e. The Bertz CT molecular complexity index is 469. The third kappa shape index (κ3) is 5.20. The van der Waals surface area contributed by atoms with Gasteiger partial charge < -0.3 is 4.74 Å². The molecule has 0 spiro atoms. The zero-order valence-electron chi connectivity index (χ0n) is 10.5. The summed E-state index contributed by atoms with van der Waals surface area (Å²) in [6.07, 6.45) is 0.304. The molecule has 1 aromatic rings. The Kier molecular flexibility index (Phi) is 6.30. The number of aryl methyl sites for hydroxylation is 1. The van der Waals surface area contributed by atoms with E-state index < -0.39 is 5.91 Å². The molecule has 5 nitrogen and oxygen atoms in total. The first-order chi connectivity index (χ1) is 8.93. The molecule has 0 aliphatic rings. The molecule has 0 bridgehead atoms. The lowest BCUT2D eigenvalue weighted by Gasteiger charge is -2.12. The highest BCUT2D eigenvalue weighted by Gasteiger charge is 2.10. The smallest absolute Gasteiger partial charge is 0.276 e. The van der Waals surface area contributed by atoms with Gasteiger partial charge in [0.05, 0.1) is 4.47 Å². The fraction of sp³-hybridized carbons (Fsp3) is 0.333. The lowest BCUT2D eigenvalue weighted by molar-refractivity contribution is -0.129. The molecule has 0 atom stereocenters. The van der Waals surface area contributed by atoms with Crippen LogP contribution in [0.2, 0.25) is 0 Å². The van der Waals surface area contributed by atoms with Gasteiger partial charge in [0.15, 0.2) is 6.61 Å². The van der Waals surface area contributed by atoms with Crippen LogP contribution in [0.3, 0.4) is 0 Å². The summed E-state index contributed by atoms with van der Waals surface area (Å²) in [5.41, 5.74) is 5.43. The lowest BCUT2D eigenvalue weighted by Crippen LogP contribution is -2.43. The molecule has 19 heavy (non-hydrogen) atoms. The van der Waals surface area contributed by atoms with Gasteiger partial charge in [-0.1, -0.05) is 22.9 Å². The van der Waals surface area contributed by atoms with E-state index in [0.717, 1.165) is 14.5 Å². The molecule has 0 unspecified atom stereocenters. The summed E-state index contributed by atoms with van der Waals surface area (Å²) in [6.45, 7) is 3.40. The molecular formula is C12H14Br2N2O3. The Morgan fingerprint density at radius 3 is 2.42 bits per heavy atom. The number of hydrazine groups is 1. The van der Waals surface area contributed by atoms with Crippen molar-refractivity contribution >= 4 is 43.7 Å². The van der Waals surface area contributed by atoms with E-state index in [2.05, 4.69) is 42.7 Å². The Labute approximate surface area is 128 Å². The molecule has 0 fully saturated rings. The van der Waals surface area contributed by atoms with Crippen LogP contribution in [0.4, 0.5) is 0 Å². The predicted octanol–water partition coefficient (Wildman–Crippen LogP) is 2.46. The number of rotatable bonds is 4. The van der Waals surface area contributed by atoms with Crippen molar-refractivity contribution in [1.29, 1.82) is 0 Å². The maximum Gasteiger partial charge on any atom is 0.276 e. The summed E-state index contributed by atoms with van der Waals surface area (Å²) in [5.74, 6) is -0.0782. The Balaban J connectivity index is 2.53. The lowest BCUT2D eigenvalue weighted by atomic mass is 10.2. The summed E-state index contributed by atoms with van der Waals surface area (Å²) >= 11 is 6.73. The molecule has 0 aliphatic heterocycles. The van der Waals surface area contributed by atoms with Gasteiger partial charge in [-0.2, -0.15) is 0 Å². The first-order valence-corrected chi connectivity index (χ1v) is 7.18. The van der Waals surface area contributed by atoms with Crippen molar-refractivity contribution in [2.45, 2.75) is 20.3 Å². The van der Waals surface area contributed by atoms with Crippen LogP contribution < -0.4 is 15.6 Å². The topological polar surface area (TPSA) is 67.4 Å². The van der Waals surface area contributed by atoms with Gasteiger partial charge in [0.2, 0.25) is 5.91 Å². The van der Waals surface area contributed by atoms with Crippen molar-refractivity contribution in [3.8, 4) is 5.75 Å². The first-order valence-electron chi connectivity index (χ1n) is 5.60. The van der Waals surface area contributed by atoms with Crippen molar-refractivity contribution in [3.05, 3.63) is 26.6 Å². The van der Waals surface area contributed by atoms with E-state index in [1.807, 2.05) is 19.1 Å². The van der Waals surface area contributed by atoms with E-state index in [4.69, 9.17) is 4.74 Å². The van der Waals surface area contributed by atoms with E-state index in [1.54, 1.807) is 6.92 Å². The SMILES string of the molecule is CCC(=O)NNC(=O)COc1c(C)cc(Br)cc1Br. The van der Waals surface area contributed by atoms with Crippen molar-refractivity contribution < 1.29 is 14.3 Å². The number of ether oxygens (including phenoxy) is 1. The summed E-state index contributed by atoms with van der Waals surface area (Å²) in [7, 11) is 0. The average Bonchev–Trinajstić information content (AvgIpc) is 2.34. The van der Waals surface area contributed by atoms with Gasteiger partial charge in [-0.3, -0.25) is 20.4 Å². The van der Waals surface area contributed by atoms with Crippen LogP contribution in [0.15, 0.2) is 21.1 Å². The molecule has 1 aromatic carbocycles. The molecule has 0 aromatic heterocycles. The molecule has 104 valence electrons. The normalized spacial score (nSPS) is 9.89. The van der Waals surface area contributed by atoms with E-state index >= 15 is 0 Å². The number of hydrogen-bond acceptors (Lipinski definition) is 3. The van der Waals surface area contributed by atoms with Crippen molar-refractivity contribution in [3.63, 3.8) is 0 Å². The predicted molar refractivity (Wildman–Crippen MR) is 78.7 cm³/mol. The zero-order valence-corrected chi connectivity index (χ0v) is 13.7. The van der Waals surface area contributed by atoms with Crippen LogP contribution >= 0.6 is 31.9 Å². The number of carbonyl (C=O) groups excluding carboxylic acids is 2. The number of nitrogens with one attached hydrogen (secondary N) is 2. The summed E-state index contributed by atoms with van der Waals surface area (Å²) in [4.78, 5) is 22.4. The van der Waals surface area contributed by atoms with E-state index in [-0.39, 0.29) is 12.5 Å². The molecule has 1 rings (SSSR count). The van der Waals surface area contributed by atoms with Crippen LogP contribution in [0.1, 0.15) is 18.9 Å². The van der Waals surface area contributed by atoms with Crippen molar-refractivity contribution in [2.75, 3.05) is 6.61 Å². The average molecular weight is 394 g/mol. The van der Waals surface area contributed by atoms with Crippen LogP contribution in [0.5, 0.6) is 5.75 Å². The Hall–Kier alpha value is -1.08. The minimum Gasteiger partial charge on any atom is -0.482 e. The second kappa shape index (κ2) is 7.49. The standard InChI is InChI=1S/C12H14Br2N2O3/c1-3-10(17)15-16-11(18)6-19-12-7(2)4-8(13)5-9(12)14/h4-5H,3,6H2,1-2H3,(H,15,17)(H,16,18). The van der Waals surface area contributed by atoms with Crippen LogP contribution in [-0.2, 0) is 9.59 Å². The van der Waals surface area contributed by atoms with Crippen molar-refractivity contribution in [1.82, 2.24) is 10.9 Å². The minimum absolute atomic E-state index is 0.176. The van der Waals surface area contributed by atoms with Gasteiger partial charge in [0.1, 0.15) is 5.75 Å². The van der Waals surface area contributed by atoms with E-state index in [0.29, 0.717) is 12.2 Å². The number of halogens is 2. The monoisotopic (exact) mass is 392 g/mol. The van der Waals surface area contributed by atoms with Crippen LogP contribution in [0, 0.1) is 6.92 Å². The highest BCUT2D eigenvalue weighted by atomic mass is 79.9. The number of benzene rings is 1. The molecule has 0 saturated carbocycles. The van der Waals surface area contributed by atoms with Gasteiger partial charge in [-0.25, -0.2) is 0 Å². The number of carbonyl (C=O) groups is 2.